The van der Waals surface area contributed by atoms with Crippen molar-refractivity contribution in [2.75, 3.05) is 13.1 Å². The monoisotopic (exact) mass is 227 g/mol. The molecule has 0 heterocycles. The maximum atomic E-state index is 11.8. The van der Waals surface area contributed by atoms with Crippen molar-refractivity contribution >= 4 is 5.97 Å². The number of ether oxygens (including phenoxy) is 1. The highest BCUT2D eigenvalue weighted by Gasteiger charge is 2.23. The van der Waals surface area contributed by atoms with Crippen molar-refractivity contribution in [1.82, 2.24) is 5.32 Å². The molecule has 1 fully saturated rings. The van der Waals surface area contributed by atoms with Crippen molar-refractivity contribution in [2.24, 2.45) is 5.92 Å². The van der Waals surface area contributed by atoms with Crippen LogP contribution in [0.3, 0.4) is 0 Å². The Morgan fingerprint density at radius 3 is 2.69 bits per heavy atom. The summed E-state index contributed by atoms with van der Waals surface area (Å²) in [6.45, 7) is 5.85. The molecule has 94 valence electrons. The fourth-order valence-corrected chi connectivity index (χ4v) is 2.16. The highest BCUT2D eigenvalue weighted by atomic mass is 16.5. The van der Waals surface area contributed by atoms with Gasteiger partial charge < -0.3 is 10.1 Å². The Balaban J connectivity index is 2.16. The summed E-state index contributed by atoms with van der Waals surface area (Å²) in [5.74, 6) is 0.188. The van der Waals surface area contributed by atoms with E-state index in [1.54, 1.807) is 0 Å². The molecule has 0 amide bonds. The number of hydrogen-bond donors (Lipinski definition) is 1. The molecule has 0 radical (unpaired) electrons. The first-order chi connectivity index (χ1) is 7.74. The number of hydrogen-bond acceptors (Lipinski definition) is 3. The average molecular weight is 227 g/mol. The van der Waals surface area contributed by atoms with E-state index in [0.29, 0.717) is 0 Å². The van der Waals surface area contributed by atoms with Crippen LogP contribution in [0.25, 0.3) is 0 Å². The van der Waals surface area contributed by atoms with E-state index in [1.807, 2.05) is 6.92 Å². The third-order valence-electron chi connectivity index (χ3n) is 3.11. The van der Waals surface area contributed by atoms with E-state index in [1.165, 1.54) is 19.3 Å². The first kappa shape index (κ1) is 13.5. The van der Waals surface area contributed by atoms with Crippen LogP contribution in [-0.2, 0) is 9.53 Å². The van der Waals surface area contributed by atoms with Crippen LogP contribution in [-0.4, -0.2) is 25.2 Å². The number of nitrogens with one attached hydrogen (secondary N) is 1. The molecule has 0 aromatic carbocycles. The lowest BCUT2D eigenvalue weighted by molar-refractivity contribution is -0.154. The largest absolute Gasteiger partial charge is 0.461 e. The van der Waals surface area contributed by atoms with Gasteiger partial charge in [0.25, 0.3) is 0 Å². The normalized spacial score (nSPS) is 19.4. The molecule has 3 nitrogen and oxygen atoms in total. The molecular formula is C13H25NO2. The molecule has 1 N–H and O–H groups in total. The Kier molecular flexibility index (Phi) is 6.46. The van der Waals surface area contributed by atoms with Gasteiger partial charge in [-0.15, -0.1) is 0 Å². The van der Waals surface area contributed by atoms with Crippen molar-refractivity contribution in [3.63, 3.8) is 0 Å². The zero-order chi connectivity index (χ0) is 11.8. The summed E-state index contributed by atoms with van der Waals surface area (Å²) < 4.78 is 5.43. The van der Waals surface area contributed by atoms with Crippen LogP contribution in [0.4, 0.5) is 0 Å². The van der Waals surface area contributed by atoms with E-state index >= 15 is 0 Å². The van der Waals surface area contributed by atoms with Gasteiger partial charge in [0, 0.05) is 6.54 Å². The predicted molar refractivity (Wildman–Crippen MR) is 65.3 cm³/mol. The maximum absolute atomic E-state index is 11.8. The van der Waals surface area contributed by atoms with Crippen LogP contribution in [0.15, 0.2) is 0 Å². The van der Waals surface area contributed by atoms with E-state index in [-0.39, 0.29) is 18.0 Å². The second-order valence-corrected chi connectivity index (χ2v) is 4.79. The lowest BCUT2D eigenvalue weighted by Gasteiger charge is -2.22. The molecule has 0 aromatic rings. The van der Waals surface area contributed by atoms with E-state index in [9.17, 15) is 4.79 Å². The van der Waals surface area contributed by atoms with E-state index in [2.05, 4.69) is 12.2 Å². The van der Waals surface area contributed by atoms with Gasteiger partial charge in [0.2, 0.25) is 0 Å². The molecule has 0 spiro atoms. The summed E-state index contributed by atoms with van der Waals surface area (Å²) in [5, 5.41) is 3.27. The molecule has 16 heavy (non-hydrogen) atoms. The van der Waals surface area contributed by atoms with Gasteiger partial charge in [0.1, 0.15) is 6.10 Å². The number of carbonyl (C=O) groups is 1. The molecule has 1 saturated carbocycles. The van der Waals surface area contributed by atoms with Gasteiger partial charge in [-0.1, -0.05) is 26.2 Å². The SMILES string of the molecule is CCCNCC(C)OC(=O)C1CCCCC1. The fourth-order valence-electron chi connectivity index (χ4n) is 2.16. The minimum Gasteiger partial charge on any atom is -0.461 e. The molecular weight excluding hydrogens is 202 g/mol. The van der Waals surface area contributed by atoms with E-state index in [0.717, 1.165) is 32.4 Å². The van der Waals surface area contributed by atoms with E-state index < -0.39 is 0 Å². The molecule has 1 unspecified atom stereocenters. The summed E-state index contributed by atoms with van der Waals surface area (Å²) in [5.41, 5.74) is 0. The first-order valence-electron chi connectivity index (χ1n) is 6.65. The molecule has 1 aliphatic rings. The Morgan fingerprint density at radius 2 is 2.06 bits per heavy atom. The topological polar surface area (TPSA) is 38.3 Å². The summed E-state index contributed by atoms with van der Waals surface area (Å²) >= 11 is 0. The molecule has 1 atom stereocenters. The third-order valence-corrected chi connectivity index (χ3v) is 3.11. The minimum absolute atomic E-state index is 0.000904. The number of carbonyl (C=O) groups excluding carboxylic acids is 1. The van der Waals surface area contributed by atoms with Crippen molar-refractivity contribution in [1.29, 1.82) is 0 Å². The van der Waals surface area contributed by atoms with E-state index in [4.69, 9.17) is 4.74 Å². The van der Waals surface area contributed by atoms with Gasteiger partial charge in [0.05, 0.1) is 5.92 Å². The quantitative estimate of drug-likeness (QED) is 0.559. The Hall–Kier alpha value is -0.570. The maximum Gasteiger partial charge on any atom is 0.309 e. The average Bonchev–Trinajstić information content (AvgIpc) is 2.30. The van der Waals surface area contributed by atoms with Crippen LogP contribution in [0.1, 0.15) is 52.4 Å². The lowest BCUT2D eigenvalue weighted by atomic mass is 9.89. The zero-order valence-electron chi connectivity index (χ0n) is 10.6. The summed E-state index contributed by atoms with van der Waals surface area (Å²) in [7, 11) is 0. The van der Waals surface area contributed by atoms with Crippen LogP contribution in [0.5, 0.6) is 0 Å². The van der Waals surface area contributed by atoms with Crippen LogP contribution < -0.4 is 5.32 Å². The smallest absolute Gasteiger partial charge is 0.309 e. The van der Waals surface area contributed by atoms with Crippen molar-refractivity contribution in [3.8, 4) is 0 Å². The predicted octanol–water partition coefficient (Wildman–Crippen LogP) is 2.50. The molecule has 0 aromatic heterocycles. The molecule has 1 rings (SSSR count). The minimum atomic E-state index is 0.000904. The Bertz CT molecular complexity index is 200. The second-order valence-electron chi connectivity index (χ2n) is 4.79. The van der Waals surface area contributed by atoms with Gasteiger partial charge in [-0.05, 0) is 32.7 Å². The van der Waals surface area contributed by atoms with Gasteiger partial charge in [-0.25, -0.2) is 0 Å². The fraction of sp³-hybridized carbons (Fsp3) is 0.923. The summed E-state index contributed by atoms with van der Waals surface area (Å²) in [6, 6.07) is 0. The number of rotatable bonds is 6. The van der Waals surface area contributed by atoms with Crippen molar-refractivity contribution in [3.05, 3.63) is 0 Å². The second kappa shape index (κ2) is 7.66. The Morgan fingerprint density at radius 1 is 1.38 bits per heavy atom. The van der Waals surface area contributed by atoms with Crippen LogP contribution in [0.2, 0.25) is 0 Å². The van der Waals surface area contributed by atoms with Crippen LogP contribution in [0, 0.1) is 5.92 Å². The zero-order valence-corrected chi connectivity index (χ0v) is 10.6. The van der Waals surface area contributed by atoms with Crippen molar-refractivity contribution in [2.45, 2.75) is 58.5 Å². The van der Waals surface area contributed by atoms with Crippen molar-refractivity contribution < 1.29 is 9.53 Å². The van der Waals surface area contributed by atoms with Gasteiger partial charge in [0.15, 0.2) is 0 Å². The molecule has 1 aliphatic carbocycles. The van der Waals surface area contributed by atoms with Gasteiger partial charge >= 0.3 is 5.97 Å². The molecule has 3 heteroatoms. The van der Waals surface area contributed by atoms with Gasteiger partial charge in [-0.3, -0.25) is 4.79 Å². The highest BCUT2D eigenvalue weighted by Crippen LogP contribution is 2.24. The Labute approximate surface area is 98.9 Å². The standard InChI is InChI=1S/C13H25NO2/c1-3-9-14-10-11(2)16-13(15)12-7-5-4-6-8-12/h11-12,14H,3-10H2,1-2H3. The summed E-state index contributed by atoms with van der Waals surface area (Å²) in [6.07, 6.45) is 6.80. The molecule has 0 bridgehead atoms. The summed E-state index contributed by atoms with van der Waals surface area (Å²) in [4.78, 5) is 11.8. The lowest BCUT2D eigenvalue weighted by Crippen LogP contribution is -2.32. The third kappa shape index (κ3) is 4.97. The highest BCUT2D eigenvalue weighted by molar-refractivity contribution is 5.72. The van der Waals surface area contributed by atoms with Gasteiger partial charge in [-0.2, -0.15) is 0 Å². The molecule has 0 aliphatic heterocycles. The number of esters is 1. The first-order valence-corrected chi connectivity index (χ1v) is 6.65. The van der Waals surface area contributed by atoms with Crippen LogP contribution >= 0.6 is 0 Å². The molecule has 0 saturated heterocycles.